The van der Waals surface area contributed by atoms with Crippen molar-refractivity contribution >= 4 is 11.5 Å². The van der Waals surface area contributed by atoms with Crippen LogP contribution in [0.5, 0.6) is 0 Å². The van der Waals surface area contributed by atoms with Gasteiger partial charge in [-0.3, -0.25) is 14.9 Å². The fourth-order valence-electron chi connectivity index (χ4n) is 3.09. The lowest BCUT2D eigenvalue weighted by molar-refractivity contribution is -0.384. The van der Waals surface area contributed by atoms with Gasteiger partial charge in [0.1, 0.15) is 0 Å². The topological polar surface area (TPSA) is 60.2 Å². The minimum atomic E-state index is -0.424. The van der Waals surface area contributed by atoms with Crippen LogP contribution in [-0.2, 0) is 4.79 Å². The van der Waals surface area contributed by atoms with Gasteiger partial charge in [0.15, 0.2) is 5.78 Å². The number of hydrogen-bond donors (Lipinski definition) is 0. The second-order valence-corrected chi connectivity index (χ2v) is 6.22. The van der Waals surface area contributed by atoms with Gasteiger partial charge in [0.2, 0.25) is 0 Å². The first-order chi connectivity index (χ1) is 9.24. The molecule has 4 heteroatoms. The molecule has 106 valence electrons. The highest BCUT2D eigenvalue weighted by Crippen LogP contribution is 2.46. The Hall–Kier alpha value is -1.97. The number of nitro groups is 1. The summed E-state index contributed by atoms with van der Waals surface area (Å²) in [6, 6.07) is 6.35. The molecule has 0 heterocycles. The summed E-state index contributed by atoms with van der Waals surface area (Å²) in [4.78, 5) is 22.9. The Morgan fingerprint density at radius 2 is 1.75 bits per heavy atom. The smallest absolute Gasteiger partial charge is 0.269 e. The summed E-state index contributed by atoms with van der Waals surface area (Å²) in [6.07, 6.45) is 0.867. The number of carbonyl (C=O) groups excluding carboxylic acids is 1. The second kappa shape index (κ2) is 4.85. The number of carbonyl (C=O) groups is 1. The van der Waals surface area contributed by atoms with Crippen molar-refractivity contribution in [2.24, 2.45) is 5.41 Å². The third-order valence-electron chi connectivity index (χ3n) is 4.21. The van der Waals surface area contributed by atoms with Gasteiger partial charge in [-0.05, 0) is 36.8 Å². The van der Waals surface area contributed by atoms with E-state index in [2.05, 4.69) is 13.8 Å². The van der Waals surface area contributed by atoms with Crippen LogP contribution >= 0.6 is 0 Å². The summed E-state index contributed by atoms with van der Waals surface area (Å²) in [6.45, 7) is 8.02. The average molecular weight is 273 g/mol. The van der Waals surface area contributed by atoms with Crippen LogP contribution in [0.4, 0.5) is 5.69 Å². The number of hydrogen-bond acceptors (Lipinski definition) is 3. The van der Waals surface area contributed by atoms with Gasteiger partial charge in [-0.25, -0.2) is 0 Å². The Balaban J connectivity index is 2.45. The van der Waals surface area contributed by atoms with Gasteiger partial charge in [-0.15, -0.1) is 0 Å². The van der Waals surface area contributed by atoms with E-state index < -0.39 is 4.92 Å². The number of nitrogens with zero attached hydrogens (tertiary/aromatic N) is 1. The maximum atomic E-state index is 12.6. The van der Waals surface area contributed by atoms with Crippen molar-refractivity contribution in [2.75, 3.05) is 0 Å². The third kappa shape index (κ3) is 2.38. The molecule has 0 saturated heterocycles. The van der Waals surface area contributed by atoms with Crippen molar-refractivity contribution in [1.29, 1.82) is 0 Å². The predicted molar refractivity (Wildman–Crippen MR) is 77.6 cm³/mol. The number of nitro benzene ring substituents is 1. The SMILES string of the molecule is CC1=C(C)C(=O)C(c2ccc([N+](=O)[O-])cc2)C(C)(C)C1. The van der Waals surface area contributed by atoms with E-state index in [0.29, 0.717) is 0 Å². The van der Waals surface area contributed by atoms with E-state index in [4.69, 9.17) is 0 Å². The van der Waals surface area contributed by atoms with Crippen molar-refractivity contribution in [3.8, 4) is 0 Å². The van der Waals surface area contributed by atoms with E-state index in [0.717, 1.165) is 23.1 Å². The largest absolute Gasteiger partial charge is 0.294 e. The Morgan fingerprint density at radius 3 is 2.25 bits per heavy atom. The van der Waals surface area contributed by atoms with Gasteiger partial charge in [0.05, 0.1) is 10.8 Å². The average Bonchev–Trinajstić information content (AvgIpc) is 2.36. The molecule has 0 bridgehead atoms. The molecule has 0 spiro atoms. The summed E-state index contributed by atoms with van der Waals surface area (Å²) < 4.78 is 0. The van der Waals surface area contributed by atoms with E-state index in [-0.39, 0.29) is 22.8 Å². The first-order valence-electron chi connectivity index (χ1n) is 6.69. The number of Topliss-reactive ketones (excluding diaryl/α,β-unsaturated/α-hetero) is 1. The van der Waals surface area contributed by atoms with Gasteiger partial charge < -0.3 is 0 Å². The van der Waals surface area contributed by atoms with Gasteiger partial charge in [-0.1, -0.05) is 31.6 Å². The van der Waals surface area contributed by atoms with Gasteiger partial charge in [0, 0.05) is 12.1 Å². The molecule has 1 aliphatic carbocycles. The zero-order chi connectivity index (χ0) is 15.1. The minimum absolute atomic E-state index is 0.0539. The summed E-state index contributed by atoms with van der Waals surface area (Å²) in [5.74, 6) is -0.0976. The molecular weight excluding hydrogens is 254 g/mol. The summed E-state index contributed by atoms with van der Waals surface area (Å²) in [5.41, 5.74) is 2.71. The molecule has 0 aliphatic heterocycles. The standard InChI is InChI=1S/C16H19NO3/c1-10-9-16(3,4)14(15(18)11(10)2)12-5-7-13(8-6-12)17(19)20/h5-8,14H,9H2,1-4H3. The molecule has 0 saturated carbocycles. The first kappa shape index (κ1) is 14.4. The van der Waals surface area contributed by atoms with E-state index in [1.54, 1.807) is 12.1 Å². The van der Waals surface area contributed by atoms with E-state index >= 15 is 0 Å². The molecule has 0 fully saturated rings. The molecule has 1 unspecified atom stereocenters. The van der Waals surface area contributed by atoms with Crippen molar-refractivity contribution in [1.82, 2.24) is 0 Å². The van der Waals surface area contributed by atoms with Crippen molar-refractivity contribution < 1.29 is 9.72 Å². The molecule has 0 amide bonds. The molecule has 1 atom stereocenters. The molecule has 0 N–H and O–H groups in total. The molecule has 4 nitrogen and oxygen atoms in total. The number of ketones is 1. The fraction of sp³-hybridized carbons (Fsp3) is 0.438. The second-order valence-electron chi connectivity index (χ2n) is 6.22. The van der Waals surface area contributed by atoms with E-state index in [9.17, 15) is 14.9 Å². The number of allylic oxidation sites excluding steroid dienone is 2. The maximum Gasteiger partial charge on any atom is 0.269 e. The van der Waals surface area contributed by atoms with Crippen LogP contribution in [0.2, 0.25) is 0 Å². The monoisotopic (exact) mass is 273 g/mol. The van der Waals surface area contributed by atoms with Crippen LogP contribution in [0.25, 0.3) is 0 Å². The van der Waals surface area contributed by atoms with Gasteiger partial charge >= 0.3 is 0 Å². The molecule has 20 heavy (non-hydrogen) atoms. The third-order valence-corrected chi connectivity index (χ3v) is 4.21. The van der Waals surface area contributed by atoms with Crippen molar-refractivity contribution in [3.63, 3.8) is 0 Å². The zero-order valence-electron chi connectivity index (χ0n) is 12.3. The summed E-state index contributed by atoms with van der Waals surface area (Å²) in [5, 5.41) is 10.7. The summed E-state index contributed by atoms with van der Waals surface area (Å²) in [7, 11) is 0. The zero-order valence-corrected chi connectivity index (χ0v) is 12.3. The van der Waals surface area contributed by atoms with Crippen LogP contribution in [-0.4, -0.2) is 10.7 Å². The number of rotatable bonds is 2. The highest BCUT2D eigenvalue weighted by atomic mass is 16.6. The normalized spacial score (nSPS) is 22.0. The Labute approximate surface area is 118 Å². The molecular formula is C16H19NO3. The van der Waals surface area contributed by atoms with E-state index in [1.165, 1.54) is 12.1 Å². The predicted octanol–water partition coefficient (Wildman–Crippen LogP) is 4.01. The van der Waals surface area contributed by atoms with Gasteiger partial charge in [-0.2, -0.15) is 0 Å². The number of benzene rings is 1. The lowest BCUT2D eigenvalue weighted by Gasteiger charge is -2.38. The van der Waals surface area contributed by atoms with Crippen molar-refractivity contribution in [3.05, 3.63) is 51.1 Å². The van der Waals surface area contributed by atoms with E-state index in [1.807, 2.05) is 13.8 Å². The van der Waals surface area contributed by atoms with Crippen LogP contribution in [0.1, 0.15) is 45.6 Å². The van der Waals surface area contributed by atoms with Crippen LogP contribution < -0.4 is 0 Å². The van der Waals surface area contributed by atoms with Crippen LogP contribution in [0, 0.1) is 15.5 Å². The van der Waals surface area contributed by atoms with Crippen LogP contribution in [0.3, 0.4) is 0 Å². The number of non-ortho nitro benzene ring substituents is 1. The lowest BCUT2D eigenvalue weighted by Crippen LogP contribution is -2.34. The quantitative estimate of drug-likeness (QED) is 0.604. The molecule has 1 aromatic rings. The van der Waals surface area contributed by atoms with Crippen LogP contribution in [0.15, 0.2) is 35.4 Å². The maximum absolute atomic E-state index is 12.6. The summed E-state index contributed by atoms with van der Waals surface area (Å²) >= 11 is 0. The van der Waals surface area contributed by atoms with Crippen molar-refractivity contribution in [2.45, 2.75) is 40.0 Å². The lowest BCUT2D eigenvalue weighted by atomic mass is 9.64. The first-order valence-corrected chi connectivity index (χ1v) is 6.69. The molecule has 0 radical (unpaired) electrons. The highest BCUT2D eigenvalue weighted by molar-refractivity contribution is 6.02. The fourth-order valence-corrected chi connectivity index (χ4v) is 3.09. The molecule has 2 rings (SSSR count). The minimum Gasteiger partial charge on any atom is -0.294 e. The molecule has 0 aromatic heterocycles. The Kier molecular flexibility index (Phi) is 3.50. The van der Waals surface area contributed by atoms with Gasteiger partial charge in [0.25, 0.3) is 5.69 Å². The molecule has 1 aromatic carbocycles. The Morgan fingerprint density at radius 1 is 1.20 bits per heavy atom. The molecule has 1 aliphatic rings. The Bertz CT molecular complexity index is 597. The highest BCUT2D eigenvalue weighted by Gasteiger charge is 2.41.